The Morgan fingerprint density at radius 1 is 1.16 bits per heavy atom. The second kappa shape index (κ2) is 6.70. The van der Waals surface area contributed by atoms with Crippen molar-refractivity contribution in [3.8, 4) is 11.3 Å². The van der Waals surface area contributed by atoms with Crippen LogP contribution in [0.2, 0.25) is 5.02 Å². The number of aromatic amines is 1. The number of amides is 1. The molecule has 0 aliphatic carbocycles. The van der Waals surface area contributed by atoms with Crippen LogP contribution >= 0.6 is 11.6 Å². The zero-order chi connectivity index (χ0) is 17.2. The summed E-state index contributed by atoms with van der Waals surface area (Å²) in [6.07, 6.45) is 2.55. The first kappa shape index (κ1) is 15.9. The topological polar surface area (TPSA) is 69.8 Å². The molecule has 4 rings (SSSR count). The summed E-state index contributed by atoms with van der Waals surface area (Å²) in [7, 11) is 0. The molecule has 6 heteroatoms. The first-order valence-electron chi connectivity index (χ1n) is 8.14. The predicted octanol–water partition coefficient (Wildman–Crippen LogP) is 3.63. The molecule has 0 atom stereocenters. The largest absolute Gasteiger partial charge is 0.322 e. The lowest BCUT2D eigenvalue weighted by atomic mass is 10.0. The van der Waals surface area contributed by atoms with E-state index in [2.05, 4.69) is 26.9 Å². The molecule has 3 aromatic rings. The molecule has 1 amide bonds. The number of anilines is 1. The fraction of sp³-hybridized carbons (Fsp3) is 0.158. The van der Waals surface area contributed by atoms with E-state index in [0.29, 0.717) is 16.3 Å². The molecule has 0 fully saturated rings. The van der Waals surface area contributed by atoms with Crippen LogP contribution in [0, 0.1) is 0 Å². The summed E-state index contributed by atoms with van der Waals surface area (Å²) < 4.78 is 0. The minimum absolute atomic E-state index is 0.201. The van der Waals surface area contributed by atoms with Crippen LogP contribution in [0.25, 0.3) is 11.3 Å². The minimum atomic E-state index is -0.201. The summed E-state index contributed by atoms with van der Waals surface area (Å²) in [6.45, 7) is 1.83. The zero-order valence-corrected chi connectivity index (χ0v) is 14.2. The molecular weight excluding hydrogens is 336 g/mol. The fourth-order valence-corrected chi connectivity index (χ4v) is 3.27. The Morgan fingerprint density at radius 2 is 2.08 bits per heavy atom. The van der Waals surface area contributed by atoms with Crippen molar-refractivity contribution in [2.24, 2.45) is 0 Å². The molecule has 0 radical (unpaired) electrons. The normalized spacial score (nSPS) is 13.3. The van der Waals surface area contributed by atoms with Crippen LogP contribution in [-0.4, -0.2) is 22.6 Å². The number of aromatic nitrogens is 2. The average molecular weight is 353 g/mol. The monoisotopic (exact) mass is 352 g/mol. The van der Waals surface area contributed by atoms with Gasteiger partial charge in [0.2, 0.25) is 0 Å². The van der Waals surface area contributed by atoms with Crippen LogP contribution < -0.4 is 10.6 Å². The van der Waals surface area contributed by atoms with Crippen molar-refractivity contribution in [2.45, 2.75) is 13.0 Å². The number of benzene rings is 2. The zero-order valence-electron chi connectivity index (χ0n) is 13.5. The lowest BCUT2D eigenvalue weighted by Crippen LogP contribution is -2.23. The second-order valence-electron chi connectivity index (χ2n) is 6.03. The van der Waals surface area contributed by atoms with Gasteiger partial charge in [-0.2, -0.15) is 5.10 Å². The predicted molar refractivity (Wildman–Crippen MR) is 98.8 cm³/mol. The molecule has 1 aromatic heterocycles. The van der Waals surface area contributed by atoms with Crippen LogP contribution in [0.1, 0.15) is 21.5 Å². The van der Waals surface area contributed by atoms with Crippen LogP contribution in [0.15, 0.2) is 48.7 Å². The molecule has 126 valence electrons. The molecule has 0 bridgehead atoms. The summed E-state index contributed by atoms with van der Waals surface area (Å²) in [4.78, 5) is 12.7. The lowest BCUT2D eigenvalue weighted by molar-refractivity contribution is 0.102. The number of halogens is 1. The van der Waals surface area contributed by atoms with E-state index in [1.807, 2.05) is 24.3 Å². The van der Waals surface area contributed by atoms with Gasteiger partial charge in [-0.15, -0.1) is 0 Å². The number of carbonyl (C=O) groups is 1. The maximum atomic E-state index is 12.7. The fourth-order valence-electron chi connectivity index (χ4n) is 3.08. The number of H-pyrrole nitrogens is 1. The van der Waals surface area contributed by atoms with Gasteiger partial charge in [0, 0.05) is 22.8 Å². The van der Waals surface area contributed by atoms with Gasteiger partial charge in [-0.25, -0.2) is 0 Å². The van der Waals surface area contributed by atoms with Crippen molar-refractivity contribution in [1.82, 2.24) is 15.5 Å². The summed E-state index contributed by atoms with van der Waals surface area (Å²) >= 11 is 6.05. The van der Waals surface area contributed by atoms with Crippen LogP contribution in [0.4, 0.5) is 5.69 Å². The molecule has 2 heterocycles. The van der Waals surface area contributed by atoms with Gasteiger partial charge in [0.05, 0.1) is 17.5 Å². The second-order valence-corrected chi connectivity index (χ2v) is 6.47. The molecule has 25 heavy (non-hydrogen) atoms. The molecule has 0 saturated heterocycles. The van der Waals surface area contributed by atoms with Gasteiger partial charge in [0.15, 0.2) is 0 Å². The van der Waals surface area contributed by atoms with Crippen LogP contribution in [0.5, 0.6) is 0 Å². The molecule has 0 saturated carbocycles. The van der Waals surface area contributed by atoms with Crippen molar-refractivity contribution in [3.63, 3.8) is 0 Å². The van der Waals surface area contributed by atoms with E-state index in [-0.39, 0.29) is 5.91 Å². The number of carbonyl (C=O) groups excluding carboxylic acids is 1. The maximum Gasteiger partial charge on any atom is 0.259 e. The molecule has 0 spiro atoms. The standard InChI is InChI=1S/C19H17ClN4O/c20-15-3-1-2-13(8-15)18-17(11-22-24-18)19(25)23-16-5-4-12-6-7-21-10-14(12)9-16/h1-5,8-9,11,21H,6-7,10H2,(H,22,24)(H,23,25). The van der Waals surface area contributed by atoms with Gasteiger partial charge < -0.3 is 10.6 Å². The Bertz CT molecular complexity index is 935. The van der Waals surface area contributed by atoms with Crippen molar-refractivity contribution < 1.29 is 4.79 Å². The van der Waals surface area contributed by atoms with Crippen LogP contribution in [0.3, 0.4) is 0 Å². The minimum Gasteiger partial charge on any atom is -0.322 e. The van der Waals surface area contributed by atoms with E-state index < -0.39 is 0 Å². The number of fused-ring (bicyclic) bond motifs is 1. The average Bonchev–Trinajstić information content (AvgIpc) is 3.11. The Balaban J connectivity index is 1.59. The number of rotatable bonds is 3. The van der Waals surface area contributed by atoms with E-state index in [0.717, 1.165) is 30.8 Å². The maximum absolute atomic E-state index is 12.7. The number of hydrogen-bond donors (Lipinski definition) is 3. The van der Waals surface area contributed by atoms with Gasteiger partial charge in [-0.1, -0.05) is 29.8 Å². The molecule has 5 nitrogen and oxygen atoms in total. The number of nitrogens with one attached hydrogen (secondary N) is 3. The first-order valence-corrected chi connectivity index (χ1v) is 8.52. The number of nitrogens with zero attached hydrogens (tertiary/aromatic N) is 1. The highest BCUT2D eigenvalue weighted by molar-refractivity contribution is 6.30. The molecule has 1 aliphatic heterocycles. The third-order valence-electron chi connectivity index (χ3n) is 4.35. The quantitative estimate of drug-likeness (QED) is 0.674. The third kappa shape index (κ3) is 3.29. The van der Waals surface area contributed by atoms with E-state index in [4.69, 9.17) is 11.6 Å². The molecule has 1 aliphatic rings. The van der Waals surface area contributed by atoms with E-state index in [1.54, 1.807) is 12.1 Å². The first-order chi connectivity index (χ1) is 12.2. The Kier molecular flexibility index (Phi) is 4.26. The summed E-state index contributed by atoms with van der Waals surface area (Å²) in [5.74, 6) is -0.201. The van der Waals surface area contributed by atoms with E-state index >= 15 is 0 Å². The van der Waals surface area contributed by atoms with E-state index in [1.165, 1.54) is 17.3 Å². The smallest absolute Gasteiger partial charge is 0.259 e. The molecule has 0 unspecified atom stereocenters. The highest BCUT2D eigenvalue weighted by Gasteiger charge is 2.17. The van der Waals surface area contributed by atoms with E-state index in [9.17, 15) is 4.79 Å². The van der Waals surface area contributed by atoms with Gasteiger partial charge >= 0.3 is 0 Å². The van der Waals surface area contributed by atoms with Crippen molar-refractivity contribution in [2.75, 3.05) is 11.9 Å². The third-order valence-corrected chi connectivity index (χ3v) is 4.58. The van der Waals surface area contributed by atoms with Gasteiger partial charge in [0.25, 0.3) is 5.91 Å². The van der Waals surface area contributed by atoms with Crippen LogP contribution in [-0.2, 0) is 13.0 Å². The Hall–Kier alpha value is -2.63. The number of hydrogen-bond acceptors (Lipinski definition) is 3. The van der Waals surface area contributed by atoms with Crippen molar-refractivity contribution in [3.05, 3.63) is 70.4 Å². The Labute approximate surface area is 150 Å². The molecule has 3 N–H and O–H groups in total. The highest BCUT2D eigenvalue weighted by Crippen LogP contribution is 2.25. The van der Waals surface area contributed by atoms with Crippen molar-refractivity contribution in [1.29, 1.82) is 0 Å². The molecular formula is C19H17ClN4O. The van der Waals surface area contributed by atoms with Crippen molar-refractivity contribution >= 4 is 23.2 Å². The summed E-state index contributed by atoms with van der Waals surface area (Å²) in [5, 5.41) is 13.8. The van der Waals surface area contributed by atoms with Gasteiger partial charge in [-0.05, 0) is 48.4 Å². The summed E-state index contributed by atoms with van der Waals surface area (Å²) in [6, 6.07) is 13.4. The highest BCUT2D eigenvalue weighted by atomic mass is 35.5. The summed E-state index contributed by atoms with van der Waals surface area (Å²) in [5.41, 5.74) is 5.30. The lowest BCUT2D eigenvalue weighted by Gasteiger charge is -2.18. The Morgan fingerprint density at radius 3 is 2.96 bits per heavy atom. The van der Waals surface area contributed by atoms with Gasteiger partial charge in [-0.3, -0.25) is 9.89 Å². The molecule has 2 aromatic carbocycles. The van der Waals surface area contributed by atoms with Gasteiger partial charge in [0.1, 0.15) is 0 Å². The SMILES string of the molecule is O=C(Nc1ccc2c(c1)CNCC2)c1cn[nH]c1-c1cccc(Cl)c1.